The topological polar surface area (TPSA) is 68.5 Å². The normalized spacial score (nSPS) is 12.0. The summed E-state index contributed by atoms with van der Waals surface area (Å²) in [6, 6.07) is 10.5. The van der Waals surface area contributed by atoms with Crippen LogP contribution in [0.1, 0.15) is 37.5 Å². The number of hydrogen-bond acceptors (Lipinski definition) is 4. The van der Waals surface area contributed by atoms with E-state index in [2.05, 4.69) is 18.7 Å². The summed E-state index contributed by atoms with van der Waals surface area (Å²) in [7, 11) is -3.63. The van der Waals surface area contributed by atoms with E-state index in [4.69, 9.17) is 9.25 Å². The number of sulfonamides is 1. The van der Waals surface area contributed by atoms with E-state index < -0.39 is 10.0 Å². The lowest BCUT2D eigenvalue weighted by molar-refractivity contribution is 0.0905. The summed E-state index contributed by atoms with van der Waals surface area (Å²) in [6.45, 7) is 4.40. The molecule has 0 aliphatic heterocycles. The van der Waals surface area contributed by atoms with Crippen molar-refractivity contribution in [2.24, 2.45) is 0 Å². The van der Waals surface area contributed by atoms with Gasteiger partial charge < -0.3 is 4.42 Å². The largest absolute Gasteiger partial charge is 0.469 e. The summed E-state index contributed by atoms with van der Waals surface area (Å²) in [6.07, 6.45) is 2.99. The van der Waals surface area contributed by atoms with Crippen LogP contribution < -0.4 is 4.89 Å². The highest BCUT2D eigenvalue weighted by atomic mass is 32.2. The highest BCUT2D eigenvalue weighted by molar-refractivity contribution is 7.89. The smallest absolute Gasteiger partial charge is 0.262 e. The van der Waals surface area contributed by atoms with Crippen LogP contribution in [0, 0.1) is 0 Å². The van der Waals surface area contributed by atoms with Gasteiger partial charge in [-0.2, -0.15) is 0 Å². The average molecular weight is 323 g/mol. The molecular formula is C16H21NO4S. The van der Waals surface area contributed by atoms with E-state index >= 15 is 0 Å². The highest BCUT2D eigenvalue weighted by Gasteiger charge is 2.14. The van der Waals surface area contributed by atoms with E-state index in [-0.39, 0.29) is 11.5 Å². The number of hydrogen-bond donors (Lipinski definition) is 1. The van der Waals surface area contributed by atoms with Gasteiger partial charge in [-0.05, 0) is 42.2 Å². The van der Waals surface area contributed by atoms with Crippen LogP contribution in [0.25, 0.3) is 0 Å². The van der Waals surface area contributed by atoms with Crippen molar-refractivity contribution in [3.05, 3.63) is 54.0 Å². The number of nitrogens with one attached hydrogen (secondary N) is 1. The molecule has 1 N–H and O–H groups in total. The van der Waals surface area contributed by atoms with Gasteiger partial charge in [-0.25, -0.2) is 8.42 Å². The van der Waals surface area contributed by atoms with Gasteiger partial charge in [0.25, 0.3) is 10.0 Å². The maximum atomic E-state index is 12.1. The first-order valence-electron chi connectivity index (χ1n) is 7.25. The molecule has 1 aromatic carbocycles. The minimum atomic E-state index is -3.63. The van der Waals surface area contributed by atoms with Crippen LogP contribution in [0.4, 0.5) is 0 Å². The second-order valence-corrected chi connectivity index (χ2v) is 6.99. The summed E-state index contributed by atoms with van der Waals surface area (Å²) < 4.78 is 29.3. The third-order valence-corrected chi connectivity index (χ3v) is 4.51. The minimum Gasteiger partial charge on any atom is -0.469 e. The van der Waals surface area contributed by atoms with Gasteiger partial charge >= 0.3 is 0 Å². The maximum absolute atomic E-state index is 12.1. The standard InChI is InChI=1S/C16H21NO4S/c1-13(2)14-7-9-16(10-8-14)22(18,19)17-21-12-4-6-15-5-3-11-20-15/h3,5,7-11,13,17H,4,6,12H2,1-2H3. The zero-order chi connectivity index (χ0) is 16.0. The van der Waals surface area contributed by atoms with E-state index in [1.165, 1.54) is 0 Å². The quantitative estimate of drug-likeness (QED) is 0.598. The third kappa shape index (κ3) is 4.69. The molecule has 0 saturated carbocycles. The van der Waals surface area contributed by atoms with Gasteiger partial charge in [-0.1, -0.05) is 30.9 Å². The molecule has 0 spiro atoms. The Kier molecular flexibility index (Phi) is 5.76. The van der Waals surface area contributed by atoms with E-state index in [1.807, 2.05) is 24.3 Å². The molecule has 0 saturated heterocycles. The molecule has 1 aromatic heterocycles. The van der Waals surface area contributed by atoms with E-state index in [1.54, 1.807) is 18.4 Å². The van der Waals surface area contributed by atoms with Crippen LogP contribution in [-0.4, -0.2) is 15.0 Å². The summed E-state index contributed by atoms with van der Waals surface area (Å²) in [5, 5.41) is 0. The van der Waals surface area contributed by atoms with E-state index in [0.717, 1.165) is 11.3 Å². The molecule has 120 valence electrons. The van der Waals surface area contributed by atoms with Gasteiger partial charge in [-0.15, -0.1) is 0 Å². The fourth-order valence-corrected chi connectivity index (χ4v) is 2.80. The summed E-state index contributed by atoms with van der Waals surface area (Å²) in [5.41, 5.74) is 1.10. The summed E-state index contributed by atoms with van der Waals surface area (Å²) >= 11 is 0. The zero-order valence-electron chi connectivity index (χ0n) is 12.8. The van der Waals surface area contributed by atoms with Crippen molar-refractivity contribution in [3.63, 3.8) is 0 Å². The number of furan rings is 1. The molecule has 0 atom stereocenters. The Balaban J connectivity index is 1.80. The molecule has 22 heavy (non-hydrogen) atoms. The summed E-state index contributed by atoms with van der Waals surface area (Å²) in [5.74, 6) is 1.22. The summed E-state index contributed by atoms with van der Waals surface area (Å²) in [4.78, 5) is 7.39. The predicted octanol–water partition coefficient (Wildman–Crippen LogP) is 3.25. The predicted molar refractivity (Wildman–Crippen MR) is 83.8 cm³/mol. The van der Waals surface area contributed by atoms with Gasteiger partial charge in [0.1, 0.15) is 5.76 Å². The van der Waals surface area contributed by atoms with Crippen molar-refractivity contribution in [2.45, 2.75) is 37.5 Å². The molecule has 0 aliphatic carbocycles. The van der Waals surface area contributed by atoms with E-state index in [9.17, 15) is 8.42 Å². The monoisotopic (exact) mass is 323 g/mol. The highest BCUT2D eigenvalue weighted by Crippen LogP contribution is 2.17. The minimum absolute atomic E-state index is 0.197. The van der Waals surface area contributed by atoms with Crippen LogP contribution >= 0.6 is 0 Å². The van der Waals surface area contributed by atoms with Crippen molar-refractivity contribution in [3.8, 4) is 0 Å². The number of rotatable bonds is 8. The van der Waals surface area contributed by atoms with Gasteiger partial charge in [0.05, 0.1) is 17.8 Å². The first-order valence-corrected chi connectivity index (χ1v) is 8.73. The molecule has 0 fully saturated rings. The fraction of sp³-hybridized carbons (Fsp3) is 0.375. The molecule has 2 rings (SSSR count). The van der Waals surface area contributed by atoms with Crippen molar-refractivity contribution < 1.29 is 17.7 Å². The second-order valence-electron chi connectivity index (χ2n) is 5.34. The Morgan fingerprint density at radius 1 is 1.18 bits per heavy atom. The van der Waals surface area contributed by atoms with Crippen molar-refractivity contribution in [1.29, 1.82) is 0 Å². The Hall–Kier alpha value is -1.63. The van der Waals surface area contributed by atoms with Crippen LogP contribution in [0.15, 0.2) is 52.0 Å². The average Bonchev–Trinajstić information content (AvgIpc) is 3.00. The first-order chi connectivity index (χ1) is 10.5. The molecule has 1 heterocycles. The Morgan fingerprint density at radius 3 is 2.50 bits per heavy atom. The molecular weight excluding hydrogens is 302 g/mol. The molecule has 0 radical (unpaired) electrons. The molecule has 6 heteroatoms. The fourth-order valence-electron chi connectivity index (χ4n) is 1.97. The third-order valence-electron chi connectivity index (χ3n) is 3.28. The van der Waals surface area contributed by atoms with Gasteiger partial charge in [0.15, 0.2) is 0 Å². The SMILES string of the molecule is CC(C)c1ccc(S(=O)(=O)NOCCCc2ccco2)cc1. The Morgan fingerprint density at radius 2 is 1.91 bits per heavy atom. The second kappa shape index (κ2) is 7.58. The molecule has 0 unspecified atom stereocenters. The molecule has 0 aliphatic rings. The van der Waals surface area contributed by atoms with Gasteiger partial charge in [-0.3, -0.25) is 4.84 Å². The molecule has 2 aromatic rings. The van der Waals surface area contributed by atoms with Crippen LogP contribution in [0.3, 0.4) is 0 Å². The molecule has 0 amide bonds. The Bertz CT molecular complexity index is 661. The lowest BCUT2D eigenvalue weighted by Gasteiger charge is -2.09. The van der Waals surface area contributed by atoms with Crippen molar-refractivity contribution >= 4 is 10.0 Å². The van der Waals surface area contributed by atoms with Crippen LogP contribution in [0.2, 0.25) is 0 Å². The number of aryl methyl sites for hydroxylation is 1. The lowest BCUT2D eigenvalue weighted by Crippen LogP contribution is -2.24. The molecule has 5 nitrogen and oxygen atoms in total. The molecule has 0 bridgehead atoms. The van der Waals surface area contributed by atoms with Gasteiger partial charge in [0.2, 0.25) is 0 Å². The van der Waals surface area contributed by atoms with Crippen molar-refractivity contribution in [1.82, 2.24) is 4.89 Å². The lowest BCUT2D eigenvalue weighted by atomic mass is 10.0. The van der Waals surface area contributed by atoms with Crippen molar-refractivity contribution in [2.75, 3.05) is 6.61 Å². The number of benzene rings is 1. The first kappa shape index (κ1) is 16.7. The Labute approximate surface area is 131 Å². The van der Waals surface area contributed by atoms with Crippen LogP contribution in [0.5, 0.6) is 0 Å². The zero-order valence-corrected chi connectivity index (χ0v) is 13.6. The van der Waals surface area contributed by atoms with Crippen LogP contribution in [-0.2, 0) is 21.3 Å². The maximum Gasteiger partial charge on any atom is 0.262 e. The van der Waals surface area contributed by atoms with Gasteiger partial charge in [0, 0.05) is 6.42 Å². The van der Waals surface area contributed by atoms with E-state index in [0.29, 0.717) is 18.8 Å².